The van der Waals surface area contributed by atoms with Crippen molar-refractivity contribution in [2.45, 2.75) is 13.8 Å². The molecule has 4 rings (SSSR count). The molecule has 0 saturated carbocycles. The molecule has 0 spiro atoms. The van der Waals surface area contributed by atoms with Gasteiger partial charge in [0.05, 0.1) is 11.3 Å². The first-order valence-corrected chi connectivity index (χ1v) is 10.1. The van der Waals surface area contributed by atoms with Crippen LogP contribution >= 0.6 is 0 Å². The molecule has 0 radical (unpaired) electrons. The lowest BCUT2D eigenvalue weighted by Crippen LogP contribution is -2.21. The van der Waals surface area contributed by atoms with E-state index in [-0.39, 0.29) is 5.56 Å². The van der Waals surface area contributed by atoms with Crippen LogP contribution in [0.15, 0.2) is 79.0 Å². The maximum atomic E-state index is 12.4. The average Bonchev–Trinajstić information content (AvgIpc) is 3.16. The highest BCUT2D eigenvalue weighted by molar-refractivity contribution is 5.98. The molecule has 2 heterocycles. The second-order valence-corrected chi connectivity index (χ2v) is 7.28. The zero-order valence-electron chi connectivity index (χ0n) is 17.8. The van der Waals surface area contributed by atoms with E-state index in [1.807, 2.05) is 74.5 Å². The van der Waals surface area contributed by atoms with Crippen molar-refractivity contribution in [2.24, 2.45) is 0 Å². The molecule has 0 saturated heterocycles. The number of hydrogen-bond donors (Lipinski definition) is 1. The van der Waals surface area contributed by atoms with Crippen LogP contribution in [0.4, 0.5) is 5.69 Å². The number of anilines is 1. The molecular formula is C25H22N4O3. The molecule has 0 bridgehead atoms. The van der Waals surface area contributed by atoms with Gasteiger partial charge in [-0.25, -0.2) is 14.5 Å². The van der Waals surface area contributed by atoms with Gasteiger partial charge in [-0.15, -0.1) is 0 Å². The van der Waals surface area contributed by atoms with Crippen LogP contribution in [0.1, 0.15) is 21.7 Å². The second-order valence-electron chi connectivity index (χ2n) is 7.28. The minimum absolute atomic E-state index is 0.257. The number of nitrogens with one attached hydrogen (secondary N) is 1. The number of rotatable bonds is 6. The maximum absolute atomic E-state index is 12.4. The number of aryl methyl sites for hydroxylation is 2. The number of nitrogens with zero attached hydrogens (tertiary/aromatic N) is 3. The van der Waals surface area contributed by atoms with Crippen LogP contribution in [-0.2, 0) is 9.53 Å². The number of esters is 1. The van der Waals surface area contributed by atoms with Crippen LogP contribution in [-0.4, -0.2) is 33.2 Å². The summed E-state index contributed by atoms with van der Waals surface area (Å²) in [4.78, 5) is 29.0. The zero-order chi connectivity index (χ0) is 22.5. The SMILES string of the molecule is Cc1cc(C)n(-c2ccc(C(=O)OCC(=O)Nc3ccccc3-c3ccccc3)cn2)n1. The third-order valence-electron chi connectivity index (χ3n) is 4.83. The third-order valence-corrected chi connectivity index (χ3v) is 4.83. The Morgan fingerprint density at radius 3 is 2.41 bits per heavy atom. The minimum Gasteiger partial charge on any atom is -0.452 e. The van der Waals surface area contributed by atoms with Crippen molar-refractivity contribution < 1.29 is 14.3 Å². The molecule has 1 amide bonds. The summed E-state index contributed by atoms with van der Waals surface area (Å²) in [5.41, 5.74) is 4.60. The Bertz CT molecular complexity index is 1250. The number of para-hydroxylation sites is 1. The quantitative estimate of drug-likeness (QED) is 0.464. The molecule has 4 aromatic rings. The van der Waals surface area contributed by atoms with E-state index in [9.17, 15) is 9.59 Å². The highest BCUT2D eigenvalue weighted by Gasteiger charge is 2.13. The lowest BCUT2D eigenvalue weighted by atomic mass is 10.0. The monoisotopic (exact) mass is 426 g/mol. The van der Waals surface area contributed by atoms with Gasteiger partial charge in [0.25, 0.3) is 5.91 Å². The summed E-state index contributed by atoms with van der Waals surface area (Å²) in [6.07, 6.45) is 1.41. The molecule has 0 unspecified atom stereocenters. The standard InChI is InChI=1S/C25H22N4O3/c1-17-14-18(2)29(28-17)23-13-12-20(15-26-23)25(31)32-16-24(30)27-22-11-7-6-10-21(22)19-8-4-3-5-9-19/h3-15H,16H2,1-2H3,(H,27,30). The largest absolute Gasteiger partial charge is 0.452 e. The van der Waals surface area contributed by atoms with Crippen molar-refractivity contribution in [3.05, 3.63) is 95.9 Å². The van der Waals surface area contributed by atoms with Gasteiger partial charge in [-0.05, 0) is 43.7 Å². The predicted octanol–water partition coefficient (Wildman–Crippen LogP) is 4.35. The highest BCUT2D eigenvalue weighted by Crippen LogP contribution is 2.27. The topological polar surface area (TPSA) is 86.1 Å². The summed E-state index contributed by atoms with van der Waals surface area (Å²) in [6, 6.07) is 22.4. The molecule has 0 atom stereocenters. The summed E-state index contributed by atoms with van der Waals surface area (Å²) in [6.45, 7) is 3.43. The molecule has 0 aliphatic carbocycles. The first-order chi connectivity index (χ1) is 15.5. The number of amides is 1. The Labute approximate surface area is 185 Å². The van der Waals surface area contributed by atoms with Crippen LogP contribution in [0.2, 0.25) is 0 Å². The van der Waals surface area contributed by atoms with E-state index >= 15 is 0 Å². The summed E-state index contributed by atoms with van der Waals surface area (Å²) in [7, 11) is 0. The van der Waals surface area contributed by atoms with E-state index < -0.39 is 18.5 Å². The fraction of sp³-hybridized carbons (Fsp3) is 0.120. The molecule has 32 heavy (non-hydrogen) atoms. The van der Waals surface area contributed by atoms with Crippen molar-refractivity contribution in [3.63, 3.8) is 0 Å². The van der Waals surface area contributed by atoms with Crippen LogP contribution in [0.3, 0.4) is 0 Å². The minimum atomic E-state index is -0.621. The summed E-state index contributed by atoms with van der Waals surface area (Å²) in [5.74, 6) is -0.444. The first kappa shape index (κ1) is 21.0. The number of benzene rings is 2. The number of pyridine rings is 1. The number of aromatic nitrogens is 3. The van der Waals surface area contributed by atoms with E-state index in [0.29, 0.717) is 11.5 Å². The van der Waals surface area contributed by atoms with Gasteiger partial charge in [0.1, 0.15) is 0 Å². The fourth-order valence-corrected chi connectivity index (χ4v) is 3.36. The van der Waals surface area contributed by atoms with Gasteiger partial charge in [-0.2, -0.15) is 5.10 Å². The summed E-state index contributed by atoms with van der Waals surface area (Å²) >= 11 is 0. The molecule has 0 aliphatic heterocycles. The van der Waals surface area contributed by atoms with E-state index in [0.717, 1.165) is 22.5 Å². The predicted molar refractivity (Wildman–Crippen MR) is 122 cm³/mol. The lowest BCUT2D eigenvalue weighted by molar-refractivity contribution is -0.119. The molecule has 2 aromatic carbocycles. The van der Waals surface area contributed by atoms with E-state index in [4.69, 9.17) is 4.74 Å². The van der Waals surface area contributed by atoms with Crippen LogP contribution in [0, 0.1) is 13.8 Å². The van der Waals surface area contributed by atoms with Crippen molar-refractivity contribution in [2.75, 3.05) is 11.9 Å². The van der Waals surface area contributed by atoms with Crippen molar-refractivity contribution in [3.8, 4) is 16.9 Å². The van der Waals surface area contributed by atoms with Gasteiger partial charge in [0, 0.05) is 23.1 Å². The number of hydrogen-bond acceptors (Lipinski definition) is 5. The van der Waals surface area contributed by atoms with Crippen LogP contribution in [0.25, 0.3) is 16.9 Å². The number of ether oxygens (including phenoxy) is 1. The van der Waals surface area contributed by atoms with E-state index in [2.05, 4.69) is 15.4 Å². The molecule has 1 N–H and O–H groups in total. The fourth-order valence-electron chi connectivity index (χ4n) is 3.36. The first-order valence-electron chi connectivity index (χ1n) is 10.1. The highest BCUT2D eigenvalue weighted by atomic mass is 16.5. The van der Waals surface area contributed by atoms with Crippen molar-refractivity contribution in [1.82, 2.24) is 14.8 Å². The van der Waals surface area contributed by atoms with Gasteiger partial charge in [0.2, 0.25) is 0 Å². The molecule has 160 valence electrons. The maximum Gasteiger partial charge on any atom is 0.340 e. The smallest absolute Gasteiger partial charge is 0.340 e. The van der Waals surface area contributed by atoms with Gasteiger partial charge >= 0.3 is 5.97 Å². The Hall–Kier alpha value is -4.26. The van der Waals surface area contributed by atoms with E-state index in [1.165, 1.54) is 6.20 Å². The Morgan fingerprint density at radius 1 is 0.969 bits per heavy atom. The second kappa shape index (κ2) is 9.26. The molecular weight excluding hydrogens is 404 g/mol. The van der Waals surface area contributed by atoms with Gasteiger partial charge in [0.15, 0.2) is 12.4 Å². The van der Waals surface area contributed by atoms with E-state index in [1.54, 1.807) is 16.8 Å². The number of carbonyl (C=O) groups excluding carboxylic acids is 2. The normalized spacial score (nSPS) is 10.6. The zero-order valence-corrected chi connectivity index (χ0v) is 17.8. The molecule has 7 nitrogen and oxygen atoms in total. The Balaban J connectivity index is 1.38. The molecule has 7 heteroatoms. The van der Waals surface area contributed by atoms with Gasteiger partial charge in [-0.1, -0.05) is 48.5 Å². The van der Waals surface area contributed by atoms with Crippen molar-refractivity contribution in [1.29, 1.82) is 0 Å². The number of carbonyl (C=O) groups is 2. The van der Waals surface area contributed by atoms with Crippen LogP contribution < -0.4 is 5.32 Å². The summed E-state index contributed by atoms with van der Waals surface area (Å²) in [5, 5.41) is 7.18. The molecule has 0 aliphatic rings. The van der Waals surface area contributed by atoms with Crippen LogP contribution in [0.5, 0.6) is 0 Å². The lowest BCUT2D eigenvalue weighted by Gasteiger charge is -2.11. The van der Waals surface area contributed by atoms with Crippen molar-refractivity contribution >= 4 is 17.6 Å². The average molecular weight is 426 g/mol. The van der Waals surface area contributed by atoms with Gasteiger partial charge < -0.3 is 10.1 Å². The van der Waals surface area contributed by atoms with Gasteiger partial charge in [-0.3, -0.25) is 4.79 Å². The Morgan fingerprint density at radius 2 is 1.72 bits per heavy atom. The Kier molecular flexibility index (Phi) is 6.07. The molecule has 0 fully saturated rings. The summed E-state index contributed by atoms with van der Waals surface area (Å²) < 4.78 is 6.86. The third kappa shape index (κ3) is 4.73. The molecule has 2 aromatic heterocycles.